The summed E-state index contributed by atoms with van der Waals surface area (Å²) in [4.78, 5) is 4.19. The summed E-state index contributed by atoms with van der Waals surface area (Å²) in [5.74, 6) is 0. The van der Waals surface area contributed by atoms with Crippen LogP contribution in [0.2, 0.25) is 0 Å². The highest BCUT2D eigenvalue weighted by Crippen LogP contribution is 2.16. The van der Waals surface area contributed by atoms with Gasteiger partial charge in [0.1, 0.15) is 4.60 Å². The van der Waals surface area contributed by atoms with Crippen LogP contribution in [0.25, 0.3) is 0 Å². The molecule has 0 amide bonds. The Morgan fingerprint density at radius 2 is 2.47 bits per heavy atom. The molecule has 1 aromatic rings. The van der Waals surface area contributed by atoms with Crippen LogP contribution < -0.4 is 5.73 Å². The Hall–Kier alpha value is -1.10. The number of halogens is 1. The van der Waals surface area contributed by atoms with Crippen molar-refractivity contribution < 1.29 is 0 Å². The summed E-state index contributed by atoms with van der Waals surface area (Å²) in [5, 5.41) is 6.76. The van der Waals surface area contributed by atoms with Gasteiger partial charge in [0, 0.05) is 30.4 Å². The number of rotatable bonds is 4. The Morgan fingerprint density at radius 3 is 2.93 bits per heavy atom. The number of hydrogen-bond donors (Lipinski definition) is 2. The van der Waals surface area contributed by atoms with Crippen molar-refractivity contribution in [3.05, 3.63) is 27.6 Å². The van der Waals surface area contributed by atoms with E-state index in [-0.39, 0.29) is 0 Å². The van der Waals surface area contributed by atoms with Crippen LogP contribution >= 0.6 is 15.9 Å². The van der Waals surface area contributed by atoms with Gasteiger partial charge in [-0.3, -0.25) is 10.1 Å². The number of aliphatic imine (C=N–C) groups is 1. The Balaban J connectivity index is 2.82. The van der Waals surface area contributed by atoms with Crippen LogP contribution in [0.5, 0.6) is 0 Å². The Morgan fingerprint density at radius 1 is 1.73 bits per heavy atom. The molecule has 3 N–H and O–H groups in total. The molecule has 0 atom stereocenters. The van der Waals surface area contributed by atoms with E-state index < -0.39 is 0 Å². The van der Waals surface area contributed by atoms with Gasteiger partial charge in [-0.2, -0.15) is 5.10 Å². The third kappa shape index (κ3) is 3.51. The molecule has 0 bridgehead atoms. The minimum Gasteiger partial charge on any atom is -0.402 e. The lowest BCUT2D eigenvalue weighted by molar-refractivity contribution is 1.07. The van der Waals surface area contributed by atoms with E-state index in [0.717, 1.165) is 34.4 Å². The van der Waals surface area contributed by atoms with E-state index >= 15 is 0 Å². The summed E-state index contributed by atoms with van der Waals surface area (Å²) in [6.07, 6.45) is 4.35. The summed E-state index contributed by atoms with van der Waals surface area (Å²) in [6.45, 7) is 4.64. The highest BCUT2D eigenvalue weighted by atomic mass is 79.9. The monoisotopic (exact) mass is 270 g/mol. The molecule has 0 radical (unpaired) electrons. The predicted molar refractivity (Wildman–Crippen MR) is 65.9 cm³/mol. The topological polar surface area (TPSA) is 67.1 Å². The van der Waals surface area contributed by atoms with E-state index in [1.807, 2.05) is 20.1 Å². The summed E-state index contributed by atoms with van der Waals surface area (Å²) >= 11 is 3.39. The fourth-order valence-corrected chi connectivity index (χ4v) is 1.46. The van der Waals surface area contributed by atoms with Gasteiger partial charge in [0.2, 0.25) is 0 Å². The lowest BCUT2D eigenvalue weighted by atomic mass is 10.1. The molecular formula is C10H15BrN4. The molecule has 15 heavy (non-hydrogen) atoms. The first kappa shape index (κ1) is 12.0. The first-order chi connectivity index (χ1) is 7.15. The molecule has 1 rings (SSSR count). The van der Waals surface area contributed by atoms with Crippen LogP contribution in [0.1, 0.15) is 19.4 Å². The third-order valence-corrected chi connectivity index (χ3v) is 2.67. The molecular weight excluding hydrogens is 256 g/mol. The van der Waals surface area contributed by atoms with Crippen LogP contribution in [-0.4, -0.2) is 23.0 Å². The molecule has 5 heteroatoms. The number of nitrogens with two attached hydrogens (primary N) is 1. The van der Waals surface area contributed by atoms with Crippen molar-refractivity contribution >= 4 is 22.1 Å². The van der Waals surface area contributed by atoms with Crippen molar-refractivity contribution in [3.63, 3.8) is 0 Å². The zero-order valence-electron chi connectivity index (χ0n) is 8.92. The Labute approximate surface area is 97.8 Å². The number of nitrogens with one attached hydrogen (secondary N) is 1. The summed E-state index contributed by atoms with van der Waals surface area (Å²) in [6, 6.07) is 0. The SMILES string of the molecule is CCN=CC(Cc1cn[nH]c1Br)=C(C)N. The molecule has 1 aromatic heterocycles. The standard InChI is InChI=1S/C10H15BrN4/c1-3-13-5-8(7(2)12)4-9-6-14-15-10(9)11/h5-6H,3-4,12H2,1-2H3,(H,14,15). The van der Waals surface area contributed by atoms with Crippen molar-refractivity contribution in [2.24, 2.45) is 10.7 Å². The third-order valence-electron chi connectivity index (χ3n) is 1.98. The molecule has 0 spiro atoms. The fourth-order valence-electron chi connectivity index (χ4n) is 1.11. The van der Waals surface area contributed by atoms with Crippen LogP contribution in [0, 0.1) is 0 Å². The van der Waals surface area contributed by atoms with Crippen molar-refractivity contribution in [1.29, 1.82) is 0 Å². The second-order valence-corrected chi connectivity index (χ2v) is 4.02. The summed E-state index contributed by atoms with van der Waals surface area (Å²) < 4.78 is 0.895. The molecule has 0 unspecified atom stereocenters. The second kappa shape index (κ2) is 5.70. The zero-order valence-corrected chi connectivity index (χ0v) is 10.5. The van der Waals surface area contributed by atoms with Crippen LogP contribution in [0.15, 0.2) is 27.1 Å². The van der Waals surface area contributed by atoms with E-state index in [2.05, 4.69) is 31.1 Å². The average Bonchev–Trinajstić information content (AvgIpc) is 2.58. The van der Waals surface area contributed by atoms with Crippen molar-refractivity contribution in [3.8, 4) is 0 Å². The normalized spacial score (nSPS) is 13.3. The molecule has 82 valence electrons. The maximum absolute atomic E-state index is 5.79. The zero-order chi connectivity index (χ0) is 11.3. The molecule has 4 nitrogen and oxygen atoms in total. The number of aromatic nitrogens is 2. The molecule has 1 heterocycles. The number of aromatic amines is 1. The Kier molecular flexibility index (Phi) is 4.55. The molecule has 0 aliphatic heterocycles. The van der Waals surface area contributed by atoms with Crippen LogP contribution in [0.4, 0.5) is 0 Å². The summed E-state index contributed by atoms with van der Waals surface area (Å²) in [7, 11) is 0. The first-order valence-corrected chi connectivity index (χ1v) is 5.57. The van der Waals surface area contributed by atoms with Gasteiger partial charge in [-0.25, -0.2) is 0 Å². The highest BCUT2D eigenvalue weighted by molar-refractivity contribution is 9.10. The minimum atomic E-state index is 0.739. The minimum absolute atomic E-state index is 0.739. The van der Waals surface area contributed by atoms with Gasteiger partial charge in [0.25, 0.3) is 0 Å². The highest BCUT2D eigenvalue weighted by Gasteiger charge is 2.05. The van der Waals surface area contributed by atoms with Crippen molar-refractivity contribution in [2.45, 2.75) is 20.3 Å². The molecule has 0 aromatic carbocycles. The van der Waals surface area contributed by atoms with Gasteiger partial charge < -0.3 is 5.73 Å². The van der Waals surface area contributed by atoms with Gasteiger partial charge in [-0.05, 0) is 35.4 Å². The van der Waals surface area contributed by atoms with Crippen molar-refractivity contribution in [1.82, 2.24) is 10.2 Å². The molecule has 0 fully saturated rings. The van der Waals surface area contributed by atoms with E-state index in [1.54, 1.807) is 6.20 Å². The molecule has 0 saturated heterocycles. The van der Waals surface area contributed by atoms with Gasteiger partial charge in [0.05, 0.1) is 6.20 Å². The maximum atomic E-state index is 5.79. The van der Waals surface area contributed by atoms with Gasteiger partial charge in [-0.1, -0.05) is 0 Å². The van der Waals surface area contributed by atoms with Crippen LogP contribution in [-0.2, 0) is 6.42 Å². The van der Waals surface area contributed by atoms with E-state index in [9.17, 15) is 0 Å². The summed E-state index contributed by atoms with van der Waals surface area (Å²) in [5.41, 5.74) is 8.69. The van der Waals surface area contributed by atoms with Gasteiger partial charge in [0.15, 0.2) is 0 Å². The second-order valence-electron chi connectivity index (χ2n) is 3.22. The maximum Gasteiger partial charge on any atom is 0.104 e. The quantitative estimate of drug-likeness (QED) is 0.823. The lowest BCUT2D eigenvalue weighted by Gasteiger charge is -2.02. The number of nitrogens with zero attached hydrogens (tertiary/aromatic N) is 2. The predicted octanol–water partition coefficient (Wildman–Crippen LogP) is 2.04. The molecule has 0 aliphatic rings. The van der Waals surface area contributed by atoms with E-state index in [4.69, 9.17) is 5.73 Å². The van der Waals surface area contributed by atoms with Gasteiger partial charge in [-0.15, -0.1) is 0 Å². The molecule has 0 saturated carbocycles. The number of allylic oxidation sites excluding steroid dienone is 2. The van der Waals surface area contributed by atoms with Crippen molar-refractivity contribution in [2.75, 3.05) is 6.54 Å². The number of H-pyrrole nitrogens is 1. The smallest absolute Gasteiger partial charge is 0.104 e. The van der Waals surface area contributed by atoms with Gasteiger partial charge >= 0.3 is 0 Å². The first-order valence-electron chi connectivity index (χ1n) is 4.78. The van der Waals surface area contributed by atoms with Crippen LogP contribution in [0.3, 0.4) is 0 Å². The molecule has 0 aliphatic carbocycles. The lowest BCUT2D eigenvalue weighted by Crippen LogP contribution is -2.03. The average molecular weight is 271 g/mol. The Bertz CT molecular complexity index is 375. The largest absolute Gasteiger partial charge is 0.402 e. The van der Waals surface area contributed by atoms with E-state index in [1.165, 1.54) is 0 Å². The fraction of sp³-hybridized carbons (Fsp3) is 0.400. The number of hydrogen-bond acceptors (Lipinski definition) is 3. The van der Waals surface area contributed by atoms with E-state index in [0.29, 0.717) is 0 Å².